The van der Waals surface area contributed by atoms with E-state index in [4.69, 9.17) is 9.47 Å². The third kappa shape index (κ3) is 4.43. The lowest BCUT2D eigenvalue weighted by molar-refractivity contribution is -0.113. The second-order valence-corrected chi connectivity index (χ2v) is 7.32. The number of halogens is 1. The maximum absolute atomic E-state index is 13.2. The summed E-state index contributed by atoms with van der Waals surface area (Å²) >= 11 is 1.27. The molecule has 158 valence electrons. The van der Waals surface area contributed by atoms with Gasteiger partial charge in [-0.25, -0.2) is 19.0 Å². The van der Waals surface area contributed by atoms with Crippen LogP contribution in [0.2, 0.25) is 0 Å². The third-order valence-electron chi connectivity index (χ3n) is 4.42. The number of fused-ring (bicyclic) bond motifs is 1. The molecule has 0 bridgehead atoms. The van der Waals surface area contributed by atoms with Gasteiger partial charge in [0, 0.05) is 6.07 Å². The Balaban J connectivity index is 1.49. The van der Waals surface area contributed by atoms with E-state index in [1.54, 1.807) is 48.3 Å². The SMILES string of the molecule is COc1ccc(NC(=O)CSc2ncnc3c2cnn3-c2ccc(F)cc2)c(OC)c1. The first-order chi connectivity index (χ1) is 15.1. The minimum atomic E-state index is -0.328. The molecule has 1 N–H and O–H groups in total. The van der Waals surface area contributed by atoms with Gasteiger partial charge in [0.15, 0.2) is 5.65 Å². The second kappa shape index (κ2) is 9.00. The third-order valence-corrected chi connectivity index (χ3v) is 5.43. The number of amides is 1. The normalized spacial score (nSPS) is 10.8. The number of nitrogens with zero attached hydrogens (tertiary/aromatic N) is 4. The summed E-state index contributed by atoms with van der Waals surface area (Å²) in [6.45, 7) is 0. The van der Waals surface area contributed by atoms with Crippen LogP contribution >= 0.6 is 11.8 Å². The minimum Gasteiger partial charge on any atom is -0.497 e. The van der Waals surface area contributed by atoms with Crippen molar-refractivity contribution in [1.82, 2.24) is 19.7 Å². The van der Waals surface area contributed by atoms with Crippen molar-refractivity contribution in [3.05, 3.63) is 60.8 Å². The van der Waals surface area contributed by atoms with Gasteiger partial charge in [-0.05, 0) is 36.4 Å². The lowest BCUT2D eigenvalue weighted by Gasteiger charge is -2.11. The molecule has 2 heterocycles. The lowest BCUT2D eigenvalue weighted by atomic mass is 10.2. The fourth-order valence-electron chi connectivity index (χ4n) is 2.93. The first-order valence-corrected chi connectivity index (χ1v) is 10.2. The summed E-state index contributed by atoms with van der Waals surface area (Å²) in [6, 6.07) is 11.1. The number of carbonyl (C=O) groups is 1. The van der Waals surface area contributed by atoms with Crippen LogP contribution in [0.4, 0.5) is 10.1 Å². The zero-order valence-electron chi connectivity index (χ0n) is 16.7. The van der Waals surface area contributed by atoms with Crippen LogP contribution in [-0.2, 0) is 4.79 Å². The van der Waals surface area contributed by atoms with E-state index in [1.165, 1.54) is 37.3 Å². The van der Waals surface area contributed by atoms with E-state index >= 15 is 0 Å². The molecule has 0 spiro atoms. The molecule has 0 saturated carbocycles. The predicted molar refractivity (Wildman–Crippen MR) is 116 cm³/mol. The summed E-state index contributed by atoms with van der Waals surface area (Å²) in [6.07, 6.45) is 3.04. The number of rotatable bonds is 7. The molecule has 2 aromatic carbocycles. The van der Waals surface area contributed by atoms with Gasteiger partial charge >= 0.3 is 0 Å². The molecule has 0 radical (unpaired) electrons. The number of anilines is 1. The van der Waals surface area contributed by atoms with Crippen LogP contribution in [0, 0.1) is 5.82 Å². The molecular formula is C21H18FN5O3S. The fraction of sp³-hybridized carbons (Fsp3) is 0.143. The second-order valence-electron chi connectivity index (χ2n) is 6.35. The highest BCUT2D eigenvalue weighted by Gasteiger charge is 2.14. The number of methoxy groups -OCH3 is 2. The van der Waals surface area contributed by atoms with Crippen LogP contribution in [0.25, 0.3) is 16.7 Å². The Labute approximate surface area is 181 Å². The van der Waals surface area contributed by atoms with Gasteiger partial charge in [-0.15, -0.1) is 0 Å². The average molecular weight is 439 g/mol. The van der Waals surface area contributed by atoms with E-state index in [0.717, 1.165) is 0 Å². The molecule has 0 fully saturated rings. The first-order valence-electron chi connectivity index (χ1n) is 9.18. The highest BCUT2D eigenvalue weighted by molar-refractivity contribution is 8.00. The molecular weight excluding hydrogens is 421 g/mol. The van der Waals surface area contributed by atoms with Gasteiger partial charge in [0.1, 0.15) is 28.7 Å². The summed E-state index contributed by atoms with van der Waals surface area (Å²) in [4.78, 5) is 21.1. The number of nitrogens with one attached hydrogen (secondary N) is 1. The Morgan fingerprint density at radius 1 is 1.13 bits per heavy atom. The smallest absolute Gasteiger partial charge is 0.234 e. The molecule has 8 nitrogen and oxygen atoms in total. The Kier molecular flexibility index (Phi) is 5.99. The van der Waals surface area contributed by atoms with Gasteiger partial charge in [-0.3, -0.25) is 4.79 Å². The van der Waals surface area contributed by atoms with Crippen LogP contribution in [0.5, 0.6) is 11.5 Å². The molecule has 0 aliphatic heterocycles. The van der Waals surface area contributed by atoms with Crippen molar-refractivity contribution in [2.24, 2.45) is 0 Å². The molecule has 0 atom stereocenters. The van der Waals surface area contributed by atoms with Crippen LogP contribution in [-0.4, -0.2) is 45.6 Å². The number of benzene rings is 2. The zero-order valence-corrected chi connectivity index (χ0v) is 17.5. The number of carbonyl (C=O) groups excluding carboxylic acids is 1. The monoisotopic (exact) mass is 439 g/mol. The highest BCUT2D eigenvalue weighted by atomic mass is 32.2. The Morgan fingerprint density at radius 2 is 1.94 bits per heavy atom. The van der Waals surface area contributed by atoms with E-state index in [-0.39, 0.29) is 17.5 Å². The number of ether oxygens (including phenoxy) is 2. The number of hydrogen-bond acceptors (Lipinski definition) is 7. The Bertz CT molecular complexity index is 1230. The van der Waals surface area contributed by atoms with E-state index in [1.807, 2.05) is 0 Å². The van der Waals surface area contributed by atoms with Crippen LogP contribution < -0.4 is 14.8 Å². The topological polar surface area (TPSA) is 91.2 Å². The standard InChI is InChI=1S/C21H18FN5O3S/c1-29-15-7-8-17(18(9-15)30-2)26-19(28)11-31-21-16-10-25-27(20(16)23-12-24-21)14-5-3-13(22)4-6-14/h3-10,12H,11H2,1-2H3,(H,26,28). The van der Waals surface area contributed by atoms with Gasteiger partial charge in [0.2, 0.25) is 5.91 Å². The quantitative estimate of drug-likeness (QED) is 0.347. The molecule has 2 aromatic heterocycles. The molecule has 4 aromatic rings. The average Bonchev–Trinajstić information content (AvgIpc) is 3.23. The van der Waals surface area contributed by atoms with Crippen molar-refractivity contribution in [2.45, 2.75) is 5.03 Å². The summed E-state index contributed by atoms with van der Waals surface area (Å²) in [5.41, 5.74) is 1.79. The van der Waals surface area contributed by atoms with E-state index in [0.29, 0.717) is 38.9 Å². The minimum absolute atomic E-state index is 0.128. The summed E-state index contributed by atoms with van der Waals surface area (Å²) in [5, 5.41) is 8.49. The van der Waals surface area contributed by atoms with E-state index in [2.05, 4.69) is 20.4 Å². The summed E-state index contributed by atoms with van der Waals surface area (Å²) < 4.78 is 25.3. The van der Waals surface area contributed by atoms with Crippen molar-refractivity contribution >= 4 is 34.4 Å². The summed E-state index contributed by atoms with van der Waals surface area (Å²) in [5.74, 6) is 0.716. The van der Waals surface area contributed by atoms with Gasteiger partial charge < -0.3 is 14.8 Å². The highest BCUT2D eigenvalue weighted by Crippen LogP contribution is 2.30. The van der Waals surface area contributed by atoms with Crippen molar-refractivity contribution in [3.63, 3.8) is 0 Å². The van der Waals surface area contributed by atoms with E-state index < -0.39 is 0 Å². The Hall–Kier alpha value is -3.66. The Morgan fingerprint density at radius 3 is 2.68 bits per heavy atom. The van der Waals surface area contributed by atoms with Crippen LogP contribution in [0.3, 0.4) is 0 Å². The van der Waals surface area contributed by atoms with Gasteiger partial charge in [0.25, 0.3) is 0 Å². The predicted octanol–water partition coefficient (Wildman–Crippen LogP) is 3.70. The van der Waals surface area contributed by atoms with Crippen LogP contribution in [0.15, 0.2) is 60.0 Å². The molecule has 0 unspecified atom stereocenters. The summed E-state index contributed by atoms with van der Waals surface area (Å²) in [7, 11) is 3.08. The maximum Gasteiger partial charge on any atom is 0.234 e. The molecule has 0 aliphatic rings. The maximum atomic E-state index is 13.2. The first kappa shape index (κ1) is 20.6. The molecule has 0 aliphatic carbocycles. The molecule has 4 rings (SSSR count). The molecule has 0 saturated heterocycles. The van der Waals surface area contributed by atoms with Crippen LogP contribution in [0.1, 0.15) is 0 Å². The molecule has 1 amide bonds. The molecule has 31 heavy (non-hydrogen) atoms. The number of thioether (sulfide) groups is 1. The van der Waals surface area contributed by atoms with Crippen molar-refractivity contribution in [1.29, 1.82) is 0 Å². The number of aromatic nitrogens is 4. The van der Waals surface area contributed by atoms with Crippen molar-refractivity contribution < 1.29 is 18.7 Å². The largest absolute Gasteiger partial charge is 0.497 e. The van der Waals surface area contributed by atoms with Crippen molar-refractivity contribution in [3.8, 4) is 17.2 Å². The van der Waals surface area contributed by atoms with E-state index in [9.17, 15) is 9.18 Å². The van der Waals surface area contributed by atoms with Gasteiger partial charge in [-0.1, -0.05) is 11.8 Å². The zero-order chi connectivity index (χ0) is 21.8. The van der Waals surface area contributed by atoms with Gasteiger partial charge in [-0.2, -0.15) is 5.10 Å². The lowest BCUT2D eigenvalue weighted by Crippen LogP contribution is -2.14. The number of hydrogen-bond donors (Lipinski definition) is 1. The fourth-order valence-corrected chi connectivity index (χ4v) is 3.69. The van der Waals surface area contributed by atoms with Gasteiger partial charge in [0.05, 0.1) is 42.9 Å². The molecule has 10 heteroatoms. The van der Waals surface area contributed by atoms with Crippen molar-refractivity contribution in [2.75, 3.05) is 25.3 Å².